The first-order chi connectivity index (χ1) is 10.9. The first kappa shape index (κ1) is 16.6. The molecule has 1 aromatic heterocycles. The predicted octanol–water partition coefficient (Wildman–Crippen LogP) is 3.25. The summed E-state index contributed by atoms with van der Waals surface area (Å²) in [4.78, 5) is 13.6. The molecule has 0 saturated carbocycles. The zero-order valence-electron chi connectivity index (χ0n) is 13.0. The third kappa shape index (κ3) is 3.92. The highest BCUT2D eigenvalue weighted by molar-refractivity contribution is 7.80. The molecule has 3 N–H and O–H groups in total. The zero-order valence-corrected chi connectivity index (χ0v) is 13.8. The van der Waals surface area contributed by atoms with Crippen molar-refractivity contribution in [2.75, 3.05) is 5.32 Å². The largest absolute Gasteiger partial charge is 0.364 e. The number of nitrogens with zero attached hydrogens (tertiary/aromatic N) is 2. The highest BCUT2D eigenvalue weighted by Gasteiger charge is 2.13. The van der Waals surface area contributed by atoms with Gasteiger partial charge in [0.25, 0.3) is 5.69 Å². The van der Waals surface area contributed by atoms with Crippen molar-refractivity contribution in [2.24, 2.45) is 5.10 Å². The molecule has 0 spiro atoms. The van der Waals surface area contributed by atoms with E-state index in [9.17, 15) is 10.1 Å². The molecule has 1 heterocycles. The van der Waals surface area contributed by atoms with Crippen molar-refractivity contribution in [3.63, 3.8) is 0 Å². The van der Waals surface area contributed by atoms with Gasteiger partial charge >= 0.3 is 0 Å². The van der Waals surface area contributed by atoms with Crippen molar-refractivity contribution in [1.29, 1.82) is 0 Å². The number of hydrogen-bond donors (Lipinski definition) is 3. The van der Waals surface area contributed by atoms with Gasteiger partial charge in [-0.25, -0.2) is 0 Å². The smallest absolute Gasteiger partial charge is 0.292 e. The molecule has 0 aliphatic rings. The van der Waals surface area contributed by atoms with Crippen LogP contribution in [0.2, 0.25) is 0 Å². The summed E-state index contributed by atoms with van der Waals surface area (Å²) in [6.45, 7) is 5.82. The van der Waals surface area contributed by atoms with Gasteiger partial charge in [-0.2, -0.15) is 5.10 Å². The van der Waals surface area contributed by atoms with Crippen molar-refractivity contribution in [3.8, 4) is 0 Å². The molecule has 1 aromatic carbocycles. The summed E-state index contributed by atoms with van der Waals surface area (Å²) in [5.74, 6) is 0. The first-order valence-electron chi connectivity index (χ1n) is 6.89. The van der Waals surface area contributed by atoms with E-state index in [0.717, 1.165) is 22.5 Å². The highest BCUT2D eigenvalue weighted by atomic mass is 32.1. The van der Waals surface area contributed by atoms with Crippen LogP contribution in [0, 0.1) is 24.0 Å². The highest BCUT2D eigenvalue weighted by Crippen LogP contribution is 2.22. The predicted molar refractivity (Wildman–Crippen MR) is 94.9 cm³/mol. The SMILES string of the molecule is C/C(=N\NC(=S)Nc1ccccc1[N+](=O)[O-])c1c(C)c[nH]c1C. The number of rotatable bonds is 4. The molecule has 0 aliphatic carbocycles. The topological polar surface area (TPSA) is 95.3 Å². The third-order valence-electron chi connectivity index (χ3n) is 3.31. The number of nitro groups is 1. The summed E-state index contributed by atoms with van der Waals surface area (Å²) in [6, 6.07) is 6.29. The number of benzene rings is 1. The van der Waals surface area contributed by atoms with E-state index in [1.54, 1.807) is 18.2 Å². The molecule has 2 aromatic rings. The van der Waals surface area contributed by atoms with Crippen LogP contribution in [0.15, 0.2) is 35.6 Å². The summed E-state index contributed by atoms with van der Waals surface area (Å²) in [5, 5.41) is 18.2. The molecule has 8 heteroatoms. The third-order valence-corrected chi connectivity index (χ3v) is 3.50. The van der Waals surface area contributed by atoms with E-state index in [4.69, 9.17) is 12.2 Å². The van der Waals surface area contributed by atoms with Crippen LogP contribution in [0.25, 0.3) is 0 Å². The van der Waals surface area contributed by atoms with Crippen LogP contribution in [0.4, 0.5) is 11.4 Å². The van der Waals surface area contributed by atoms with Gasteiger partial charge in [-0.3, -0.25) is 15.5 Å². The number of H-pyrrole nitrogens is 1. The van der Waals surface area contributed by atoms with Crippen molar-refractivity contribution in [1.82, 2.24) is 10.4 Å². The van der Waals surface area contributed by atoms with E-state index in [1.165, 1.54) is 6.07 Å². The lowest BCUT2D eigenvalue weighted by atomic mass is 10.1. The molecule has 0 saturated heterocycles. The molecule has 2 rings (SSSR count). The van der Waals surface area contributed by atoms with Crippen molar-refractivity contribution in [2.45, 2.75) is 20.8 Å². The standard InChI is InChI=1S/C15H17N5O2S/c1-9-8-16-10(2)14(9)11(3)18-19-15(23)17-12-6-4-5-7-13(12)20(21)22/h4-8,16H,1-3H3,(H2,17,19,23)/b18-11+. The molecule has 0 atom stereocenters. The van der Waals surface area contributed by atoms with Gasteiger partial charge in [0.15, 0.2) is 5.11 Å². The summed E-state index contributed by atoms with van der Waals surface area (Å²) in [6.07, 6.45) is 1.91. The second kappa shape index (κ2) is 7.01. The number of para-hydroxylation sites is 2. The Morgan fingerprint density at radius 3 is 2.65 bits per heavy atom. The number of anilines is 1. The molecule has 23 heavy (non-hydrogen) atoms. The number of aryl methyl sites for hydroxylation is 2. The lowest BCUT2D eigenvalue weighted by molar-refractivity contribution is -0.383. The van der Waals surface area contributed by atoms with Gasteiger partial charge in [-0.1, -0.05) is 12.1 Å². The Labute approximate surface area is 138 Å². The van der Waals surface area contributed by atoms with Gasteiger partial charge in [0.05, 0.1) is 10.6 Å². The van der Waals surface area contributed by atoms with Crippen molar-refractivity contribution in [3.05, 3.63) is 57.4 Å². The average molecular weight is 331 g/mol. The number of nitrogens with one attached hydrogen (secondary N) is 3. The minimum atomic E-state index is -0.466. The molecule has 120 valence electrons. The van der Waals surface area contributed by atoms with Gasteiger partial charge in [-0.15, -0.1) is 0 Å². The van der Waals surface area contributed by atoms with Gasteiger partial charge in [0.2, 0.25) is 0 Å². The zero-order chi connectivity index (χ0) is 17.0. The molecule has 0 amide bonds. The molecule has 0 bridgehead atoms. The number of aromatic amines is 1. The number of thiocarbonyl (C=S) groups is 1. The minimum absolute atomic E-state index is 0.0466. The maximum atomic E-state index is 11.0. The number of hydrazone groups is 1. The summed E-state index contributed by atoms with van der Waals surface area (Å²) >= 11 is 5.14. The second-order valence-corrected chi connectivity index (χ2v) is 5.42. The Kier molecular flexibility index (Phi) is 5.07. The Morgan fingerprint density at radius 2 is 2.04 bits per heavy atom. The van der Waals surface area contributed by atoms with Crippen molar-refractivity contribution < 1.29 is 4.92 Å². The Morgan fingerprint density at radius 1 is 1.35 bits per heavy atom. The van der Waals surface area contributed by atoms with E-state index < -0.39 is 4.92 Å². The van der Waals surface area contributed by atoms with Crippen LogP contribution in [0.1, 0.15) is 23.7 Å². The Balaban J connectivity index is 2.09. The molecule has 0 radical (unpaired) electrons. The average Bonchev–Trinajstić information content (AvgIpc) is 2.84. The van der Waals surface area contributed by atoms with Crippen LogP contribution in [-0.2, 0) is 0 Å². The van der Waals surface area contributed by atoms with Crippen LogP contribution in [0.5, 0.6) is 0 Å². The monoisotopic (exact) mass is 331 g/mol. The van der Waals surface area contributed by atoms with Crippen LogP contribution < -0.4 is 10.7 Å². The number of nitro benzene ring substituents is 1. The Hall–Kier alpha value is -2.74. The first-order valence-corrected chi connectivity index (χ1v) is 7.30. The van der Waals surface area contributed by atoms with Gasteiger partial charge in [-0.05, 0) is 44.6 Å². The molecular weight excluding hydrogens is 314 g/mol. The van der Waals surface area contributed by atoms with Crippen molar-refractivity contribution >= 4 is 34.4 Å². The fourth-order valence-corrected chi connectivity index (χ4v) is 2.45. The molecule has 0 aliphatic heterocycles. The fourth-order valence-electron chi connectivity index (χ4n) is 2.29. The summed E-state index contributed by atoms with van der Waals surface area (Å²) < 4.78 is 0. The van der Waals surface area contributed by atoms with E-state index in [-0.39, 0.29) is 10.8 Å². The van der Waals surface area contributed by atoms with Gasteiger partial charge in [0, 0.05) is 23.5 Å². The van der Waals surface area contributed by atoms with E-state index >= 15 is 0 Å². The quantitative estimate of drug-likeness (QED) is 0.346. The maximum absolute atomic E-state index is 11.0. The number of aromatic nitrogens is 1. The van der Waals surface area contributed by atoms with E-state index in [2.05, 4.69) is 20.8 Å². The normalized spacial score (nSPS) is 11.2. The van der Waals surface area contributed by atoms with E-state index in [1.807, 2.05) is 27.0 Å². The Bertz CT molecular complexity index is 762. The van der Waals surface area contributed by atoms with Crippen LogP contribution in [0.3, 0.4) is 0 Å². The molecular formula is C15H17N5O2S. The lowest BCUT2D eigenvalue weighted by Crippen LogP contribution is -2.25. The van der Waals surface area contributed by atoms with E-state index in [0.29, 0.717) is 5.69 Å². The van der Waals surface area contributed by atoms with Crippen LogP contribution >= 0.6 is 12.2 Å². The molecule has 0 fully saturated rings. The molecule has 7 nitrogen and oxygen atoms in total. The maximum Gasteiger partial charge on any atom is 0.292 e. The lowest BCUT2D eigenvalue weighted by Gasteiger charge is -2.08. The van der Waals surface area contributed by atoms with Crippen LogP contribution in [-0.4, -0.2) is 20.7 Å². The number of hydrogen-bond acceptors (Lipinski definition) is 4. The minimum Gasteiger partial charge on any atom is -0.364 e. The summed E-state index contributed by atoms with van der Waals surface area (Å²) in [5.41, 5.74) is 6.88. The fraction of sp³-hybridized carbons (Fsp3) is 0.200. The second-order valence-electron chi connectivity index (χ2n) is 5.01. The summed E-state index contributed by atoms with van der Waals surface area (Å²) in [7, 11) is 0. The van der Waals surface area contributed by atoms with Gasteiger partial charge in [0.1, 0.15) is 5.69 Å². The van der Waals surface area contributed by atoms with Gasteiger partial charge < -0.3 is 10.3 Å². The molecule has 0 unspecified atom stereocenters.